The van der Waals surface area contributed by atoms with Crippen LogP contribution in [0.25, 0.3) is 0 Å². The predicted octanol–water partition coefficient (Wildman–Crippen LogP) is 2.36. The van der Waals surface area contributed by atoms with E-state index in [0.29, 0.717) is 5.82 Å². The van der Waals surface area contributed by atoms with Crippen LogP contribution in [0.3, 0.4) is 0 Å². The number of aryl methyl sites for hydroxylation is 2. The average Bonchev–Trinajstić information content (AvgIpc) is 2.31. The minimum atomic E-state index is -0.522. The molecule has 2 aromatic rings. The van der Waals surface area contributed by atoms with Crippen molar-refractivity contribution in [3.05, 3.63) is 47.2 Å². The molecule has 3 N–H and O–H groups in total. The van der Waals surface area contributed by atoms with E-state index in [-0.39, 0.29) is 11.3 Å². The minimum absolute atomic E-state index is 0.000888. The zero-order valence-corrected chi connectivity index (χ0v) is 10.6. The summed E-state index contributed by atoms with van der Waals surface area (Å²) in [4.78, 5) is 16.2. The number of para-hydroxylation sites is 1. The van der Waals surface area contributed by atoms with Crippen molar-refractivity contribution < 1.29 is 15.0 Å². The van der Waals surface area contributed by atoms with Gasteiger partial charge in [-0.05, 0) is 43.7 Å². The lowest BCUT2D eigenvalue weighted by atomic mass is 10.1. The second-order valence-corrected chi connectivity index (χ2v) is 4.30. The molecule has 1 amide bonds. The SMILES string of the molecule is Cc1cc(C)nc(NC(=O)c2cccc(O)c2O)c1. The van der Waals surface area contributed by atoms with Crippen LogP contribution in [-0.2, 0) is 0 Å². The Balaban J connectivity index is 2.28. The molecule has 0 saturated heterocycles. The second-order valence-electron chi connectivity index (χ2n) is 4.30. The van der Waals surface area contributed by atoms with Gasteiger partial charge in [-0.2, -0.15) is 0 Å². The van der Waals surface area contributed by atoms with Crippen LogP contribution in [-0.4, -0.2) is 21.1 Å². The summed E-state index contributed by atoms with van der Waals surface area (Å²) in [6.45, 7) is 3.73. The van der Waals surface area contributed by atoms with E-state index in [0.717, 1.165) is 11.3 Å². The van der Waals surface area contributed by atoms with Gasteiger partial charge in [-0.25, -0.2) is 4.98 Å². The third kappa shape index (κ3) is 2.82. The predicted molar refractivity (Wildman–Crippen MR) is 71.4 cm³/mol. The van der Waals surface area contributed by atoms with Crippen LogP contribution in [0.4, 0.5) is 5.82 Å². The first-order valence-electron chi connectivity index (χ1n) is 5.75. The molecule has 0 unspecified atom stereocenters. The van der Waals surface area contributed by atoms with Gasteiger partial charge in [-0.15, -0.1) is 0 Å². The summed E-state index contributed by atoms with van der Waals surface area (Å²) < 4.78 is 0. The third-order valence-corrected chi connectivity index (χ3v) is 2.60. The van der Waals surface area contributed by atoms with Gasteiger partial charge in [0.1, 0.15) is 5.82 Å². The highest BCUT2D eigenvalue weighted by atomic mass is 16.3. The Bertz CT molecular complexity index is 618. The number of carbonyl (C=O) groups is 1. The Morgan fingerprint density at radius 1 is 1.21 bits per heavy atom. The normalized spacial score (nSPS) is 10.2. The van der Waals surface area contributed by atoms with Crippen molar-refractivity contribution in [2.75, 3.05) is 5.32 Å². The number of phenolic OH excluding ortho intramolecular Hbond substituents is 2. The summed E-state index contributed by atoms with van der Waals surface area (Å²) >= 11 is 0. The Morgan fingerprint density at radius 2 is 1.95 bits per heavy atom. The lowest BCUT2D eigenvalue weighted by Crippen LogP contribution is -2.13. The van der Waals surface area contributed by atoms with Crippen molar-refractivity contribution in [3.8, 4) is 11.5 Å². The maximum absolute atomic E-state index is 12.0. The molecule has 98 valence electrons. The van der Waals surface area contributed by atoms with Gasteiger partial charge in [0.15, 0.2) is 11.5 Å². The highest BCUT2D eigenvalue weighted by Crippen LogP contribution is 2.28. The van der Waals surface area contributed by atoms with E-state index >= 15 is 0 Å². The summed E-state index contributed by atoms with van der Waals surface area (Å²) in [6, 6.07) is 7.83. The number of aromatic hydroxyl groups is 2. The van der Waals surface area contributed by atoms with Gasteiger partial charge in [0.2, 0.25) is 0 Å². The van der Waals surface area contributed by atoms with Crippen molar-refractivity contribution in [1.29, 1.82) is 0 Å². The fourth-order valence-corrected chi connectivity index (χ4v) is 1.80. The van der Waals surface area contributed by atoms with Crippen molar-refractivity contribution >= 4 is 11.7 Å². The minimum Gasteiger partial charge on any atom is -0.504 e. The van der Waals surface area contributed by atoms with Gasteiger partial charge in [-0.1, -0.05) is 6.07 Å². The molecule has 0 saturated carbocycles. The van der Waals surface area contributed by atoms with Crippen molar-refractivity contribution in [1.82, 2.24) is 4.98 Å². The maximum atomic E-state index is 12.0. The number of pyridine rings is 1. The first-order valence-corrected chi connectivity index (χ1v) is 5.75. The Labute approximate surface area is 110 Å². The van der Waals surface area contributed by atoms with E-state index < -0.39 is 11.7 Å². The largest absolute Gasteiger partial charge is 0.504 e. The zero-order chi connectivity index (χ0) is 14.0. The van der Waals surface area contributed by atoms with E-state index in [4.69, 9.17) is 0 Å². The number of phenols is 2. The number of hydrogen-bond donors (Lipinski definition) is 3. The molecule has 5 nitrogen and oxygen atoms in total. The molecule has 0 bridgehead atoms. The Kier molecular flexibility index (Phi) is 3.37. The van der Waals surface area contributed by atoms with Gasteiger partial charge in [0, 0.05) is 5.69 Å². The molecule has 0 fully saturated rings. The molecular weight excluding hydrogens is 244 g/mol. The van der Waals surface area contributed by atoms with Crippen molar-refractivity contribution in [2.45, 2.75) is 13.8 Å². The highest BCUT2D eigenvalue weighted by Gasteiger charge is 2.14. The average molecular weight is 258 g/mol. The van der Waals surface area contributed by atoms with Crippen LogP contribution in [0, 0.1) is 13.8 Å². The molecule has 2 rings (SSSR count). The summed E-state index contributed by atoms with van der Waals surface area (Å²) in [6.07, 6.45) is 0. The molecule has 0 aliphatic heterocycles. The lowest BCUT2D eigenvalue weighted by Gasteiger charge is -2.08. The van der Waals surface area contributed by atoms with E-state index in [1.54, 1.807) is 6.07 Å². The van der Waals surface area contributed by atoms with Crippen LogP contribution >= 0.6 is 0 Å². The lowest BCUT2D eigenvalue weighted by molar-refractivity contribution is 0.102. The molecule has 1 heterocycles. The number of benzene rings is 1. The van der Waals surface area contributed by atoms with Crippen LogP contribution < -0.4 is 5.32 Å². The van der Waals surface area contributed by atoms with Gasteiger partial charge in [-0.3, -0.25) is 4.79 Å². The monoisotopic (exact) mass is 258 g/mol. The van der Waals surface area contributed by atoms with Gasteiger partial charge < -0.3 is 15.5 Å². The molecule has 1 aromatic heterocycles. The van der Waals surface area contributed by atoms with Gasteiger partial charge >= 0.3 is 0 Å². The van der Waals surface area contributed by atoms with Crippen LogP contribution in [0.15, 0.2) is 30.3 Å². The number of hydrogen-bond acceptors (Lipinski definition) is 4. The quantitative estimate of drug-likeness (QED) is 0.722. The number of rotatable bonds is 2. The van der Waals surface area contributed by atoms with Crippen molar-refractivity contribution in [2.24, 2.45) is 0 Å². The second kappa shape index (κ2) is 4.97. The zero-order valence-electron chi connectivity index (χ0n) is 10.6. The maximum Gasteiger partial charge on any atom is 0.260 e. The molecule has 0 radical (unpaired) electrons. The molecule has 0 aliphatic rings. The number of carbonyl (C=O) groups excluding carboxylic acids is 1. The van der Waals surface area contributed by atoms with E-state index in [9.17, 15) is 15.0 Å². The van der Waals surface area contributed by atoms with Crippen LogP contribution in [0.1, 0.15) is 21.6 Å². The summed E-state index contributed by atoms with van der Waals surface area (Å²) in [5, 5.41) is 21.6. The van der Waals surface area contributed by atoms with Crippen LogP contribution in [0.2, 0.25) is 0 Å². The summed E-state index contributed by atoms with van der Waals surface area (Å²) in [5.74, 6) is -0.887. The molecule has 19 heavy (non-hydrogen) atoms. The fourth-order valence-electron chi connectivity index (χ4n) is 1.80. The molecule has 0 spiro atoms. The molecule has 0 atom stereocenters. The third-order valence-electron chi connectivity index (χ3n) is 2.60. The molecule has 0 aliphatic carbocycles. The molecule has 5 heteroatoms. The first kappa shape index (κ1) is 12.9. The number of amides is 1. The Hall–Kier alpha value is -2.56. The molecule has 1 aromatic carbocycles. The number of nitrogens with zero attached hydrogens (tertiary/aromatic N) is 1. The van der Waals surface area contributed by atoms with Crippen LogP contribution in [0.5, 0.6) is 11.5 Å². The topological polar surface area (TPSA) is 82.5 Å². The first-order chi connectivity index (χ1) is 8.97. The van der Waals surface area contributed by atoms with Gasteiger partial charge in [0.25, 0.3) is 5.91 Å². The standard InChI is InChI=1S/C14H14N2O3/c1-8-6-9(2)15-12(7-8)16-14(19)10-4-3-5-11(17)13(10)18/h3-7,17-18H,1-2H3,(H,15,16,19). The van der Waals surface area contributed by atoms with E-state index in [1.807, 2.05) is 19.9 Å². The highest BCUT2D eigenvalue weighted by molar-refractivity contribution is 6.06. The Morgan fingerprint density at radius 3 is 2.63 bits per heavy atom. The number of nitrogens with one attached hydrogen (secondary N) is 1. The smallest absolute Gasteiger partial charge is 0.260 e. The van der Waals surface area contributed by atoms with E-state index in [1.165, 1.54) is 18.2 Å². The number of aromatic nitrogens is 1. The fraction of sp³-hybridized carbons (Fsp3) is 0.143. The van der Waals surface area contributed by atoms with E-state index in [2.05, 4.69) is 10.3 Å². The summed E-state index contributed by atoms with van der Waals surface area (Å²) in [7, 11) is 0. The van der Waals surface area contributed by atoms with Crippen molar-refractivity contribution in [3.63, 3.8) is 0 Å². The number of anilines is 1. The van der Waals surface area contributed by atoms with Gasteiger partial charge in [0.05, 0.1) is 5.56 Å². The molecular formula is C14H14N2O3. The summed E-state index contributed by atoms with van der Waals surface area (Å²) in [5.41, 5.74) is 1.76.